The normalized spacial score (nSPS) is 10.7. The first-order valence-electron chi connectivity index (χ1n) is 6.11. The van der Waals surface area contributed by atoms with Crippen LogP contribution < -0.4 is 5.73 Å². The highest BCUT2D eigenvalue weighted by molar-refractivity contribution is 7.16. The second-order valence-corrected chi connectivity index (χ2v) is 6.62. The van der Waals surface area contributed by atoms with Gasteiger partial charge in [-0.3, -0.25) is 10.1 Å². The smallest absolute Gasteiger partial charge is 0.270 e. The minimum Gasteiger partial charge on any atom is -0.398 e. The number of thiazole rings is 1. The number of thiophene rings is 1. The maximum absolute atomic E-state index is 10.9. The molecule has 0 saturated carbocycles. The number of benzene rings is 1. The summed E-state index contributed by atoms with van der Waals surface area (Å²) >= 11 is 3.10. The number of nitro benzene ring substituents is 1. The van der Waals surface area contributed by atoms with Crippen LogP contribution in [0, 0.1) is 17.0 Å². The number of non-ortho nitro benzene ring substituents is 1. The van der Waals surface area contributed by atoms with Gasteiger partial charge in [0.05, 0.1) is 15.5 Å². The quantitative estimate of drug-likeness (QED) is 0.442. The van der Waals surface area contributed by atoms with Gasteiger partial charge in [-0.25, -0.2) is 4.98 Å². The van der Waals surface area contributed by atoms with Crippen LogP contribution in [0.5, 0.6) is 0 Å². The zero-order chi connectivity index (χ0) is 15.0. The molecule has 0 aliphatic carbocycles. The van der Waals surface area contributed by atoms with Crippen molar-refractivity contribution in [2.45, 2.75) is 6.92 Å². The number of anilines is 1. The van der Waals surface area contributed by atoms with Crippen LogP contribution in [0.15, 0.2) is 35.7 Å². The van der Waals surface area contributed by atoms with Gasteiger partial charge in [0.2, 0.25) is 0 Å². The third kappa shape index (κ3) is 2.65. The molecule has 0 unspecified atom stereocenters. The van der Waals surface area contributed by atoms with Crippen LogP contribution in [-0.4, -0.2) is 9.91 Å². The van der Waals surface area contributed by atoms with Gasteiger partial charge in [-0.05, 0) is 25.1 Å². The molecule has 2 N–H and O–H groups in total. The Labute approximate surface area is 128 Å². The summed E-state index contributed by atoms with van der Waals surface area (Å²) in [5, 5.41) is 13.5. The molecule has 0 spiro atoms. The lowest BCUT2D eigenvalue weighted by Gasteiger charge is -2.01. The van der Waals surface area contributed by atoms with E-state index in [1.165, 1.54) is 28.3 Å². The van der Waals surface area contributed by atoms with E-state index in [1.54, 1.807) is 17.4 Å². The molecular formula is C14H11N3O2S2. The van der Waals surface area contributed by atoms with Gasteiger partial charge in [-0.15, -0.1) is 22.7 Å². The summed E-state index contributed by atoms with van der Waals surface area (Å²) in [6, 6.07) is 8.48. The van der Waals surface area contributed by atoms with E-state index in [-0.39, 0.29) is 5.69 Å². The molecule has 0 aliphatic rings. The van der Waals surface area contributed by atoms with Gasteiger partial charge in [0.25, 0.3) is 5.69 Å². The van der Waals surface area contributed by atoms with Crippen molar-refractivity contribution in [3.8, 4) is 21.1 Å². The van der Waals surface area contributed by atoms with Crippen LogP contribution in [0.3, 0.4) is 0 Å². The van der Waals surface area contributed by atoms with Crippen molar-refractivity contribution < 1.29 is 4.92 Å². The molecule has 3 aromatic rings. The molecule has 0 fully saturated rings. The van der Waals surface area contributed by atoms with E-state index in [0.717, 1.165) is 10.6 Å². The number of nitrogens with two attached hydrogens (primary N) is 1. The number of rotatable bonds is 3. The maximum Gasteiger partial charge on any atom is 0.270 e. The highest BCUT2D eigenvalue weighted by atomic mass is 32.1. The van der Waals surface area contributed by atoms with Gasteiger partial charge < -0.3 is 5.73 Å². The van der Waals surface area contributed by atoms with Crippen LogP contribution in [0.2, 0.25) is 0 Å². The van der Waals surface area contributed by atoms with Gasteiger partial charge >= 0.3 is 0 Å². The van der Waals surface area contributed by atoms with Crippen molar-refractivity contribution in [2.24, 2.45) is 0 Å². The van der Waals surface area contributed by atoms with E-state index in [0.29, 0.717) is 16.3 Å². The average molecular weight is 317 g/mol. The van der Waals surface area contributed by atoms with E-state index in [4.69, 9.17) is 5.73 Å². The van der Waals surface area contributed by atoms with Crippen molar-refractivity contribution in [3.05, 3.63) is 50.7 Å². The molecule has 2 aromatic heterocycles. The van der Waals surface area contributed by atoms with E-state index >= 15 is 0 Å². The molecule has 0 amide bonds. The lowest BCUT2D eigenvalue weighted by atomic mass is 10.1. The lowest BCUT2D eigenvalue weighted by Crippen LogP contribution is -1.93. The Kier molecular flexibility index (Phi) is 3.44. The number of nitro groups is 1. The Morgan fingerprint density at radius 3 is 2.76 bits per heavy atom. The third-order valence-corrected chi connectivity index (χ3v) is 4.87. The largest absolute Gasteiger partial charge is 0.398 e. The summed E-state index contributed by atoms with van der Waals surface area (Å²) in [6.07, 6.45) is 0. The van der Waals surface area contributed by atoms with Gasteiger partial charge in [-0.1, -0.05) is 0 Å². The molecule has 0 atom stereocenters. The lowest BCUT2D eigenvalue weighted by molar-refractivity contribution is -0.384. The fourth-order valence-corrected chi connectivity index (χ4v) is 3.69. The minimum atomic E-state index is -0.430. The minimum absolute atomic E-state index is 0.0166. The Hall–Kier alpha value is -2.25. The van der Waals surface area contributed by atoms with Crippen molar-refractivity contribution >= 4 is 34.0 Å². The molecule has 0 saturated heterocycles. The number of nitrogen functional groups attached to an aromatic ring is 1. The van der Waals surface area contributed by atoms with Crippen LogP contribution >= 0.6 is 22.7 Å². The average Bonchev–Trinajstić information content (AvgIpc) is 3.07. The zero-order valence-electron chi connectivity index (χ0n) is 11.1. The molecule has 1 aromatic carbocycles. The standard InChI is InChI=1S/C14H11N3O2S2/c1-8-2-5-13(21-8)12-7-20-14(16-12)10-6-9(17(18)19)3-4-11(10)15/h2-7H,15H2,1H3. The molecular weight excluding hydrogens is 306 g/mol. The van der Waals surface area contributed by atoms with Crippen molar-refractivity contribution in [1.82, 2.24) is 4.98 Å². The maximum atomic E-state index is 10.9. The molecule has 5 nitrogen and oxygen atoms in total. The molecule has 0 radical (unpaired) electrons. The number of nitrogens with zero attached hydrogens (tertiary/aromatic N) is 2. The Morgan fingerprint density at radius 2 is 2.10 bits per heavy atom. The SMILES string of the molecule is Cc1ccc(-c2csc(-c3cc([N+](=O)[O-])ccc3N)n2)s1. The fraction of sp³-hybridized carbons (Fsp3) is 0.0714. The van der Waals surface area contributed by atoms with Crippen LogP contribution in [-0.2, 0) is 0 Å². The van der Waals surface area contributed by atoms with Crippen LogP contribution in [0.1, 0.15) is 4.88 Å². The number of aryl methyl sites for hydroxylation is 1. The number of hydrogen-bond acceptors (Lipinski definition) is 6. The Balaban J connectivity index is 2.03. The first kappa shape index (κ1) is 13.7. The van der Waals surface area contributed by atoms with Crippen molar-refractivity contribution in [3.63, 3.8) is 0 Å². The van der Waals surface area contributed by atoms with Gasteiger partial charge in [0.1, 0.15) is 5.01 Å². The molecule has 3 rings (SSSR count). The summed E-state index contributed by atoms with van der Waals surface area (Å²) in [7, 11) is 0. The predicted octanol–water partition coefficient (Wildman–Crippen LogP) is 4.34. The van der Waals surface area contributed by atoms with Gasteiger partial charge in [0.15, 0.2) is 0 Å². The van der Waals surface area contributed by atoms with Crippen molar-refractivity contribution in [2.75, 3.05) is 5.73 Å². The summed E-state index contributed by atoms with van der Waals surface area (Å²) in [6.45, 7) is 2.04. The van der Waals surface area contributed by atoms with E-state index in [1.807, 2.05) is 24.4 Å². The first-order valence-corrected chi connectivity index (χ1v) is 7.81. The number of aromatic nitrogens is 1. The summed E-state index contributed by atoms with van der Waals surface area (Å²) in [5.74, 6) is 0. The monoisotopic (exact) mass is 317 g/mol. The van der Waals surface area contributed by atoms with Crippen LogP contribution in [0.25, 0.3) is 21.1 Å². The predicted molar refractivity (Wildman–Crippen MR) is 86.7 cm³/mol. The summed E-state index contributed by atoms with van der Waals surface area (Å²) in [4.78, 5) is 17.3. The summed E-state index contributed by atoms with van der Waals surface area (Å²) < 4.78 is 0. The third-order valence-electron chi connectivity index (χ3n) is 2.98. The van der Waals surface area contributed by atoms with Gasteiger partial charge in [-0.2, -0.15) is 0 Å². The van der Waals surface area contributed by atoms with E-state index < -0.39 is 4.92 Å². The van der Waals surface area contributed by atoms with Crippen molar-refractivity contribution in [1.29, 1.82) is 0 Å². The van der Waals surface area contributed by atoms with Crippen LogP contribution in [0.4, 0.5) is 11.4 Å². The zero-order valence-corrected chi connectivity index (χ0v) is 12.7. The van der Waals surface area contributed by atoms with E-state index in [9.17, 15) is 10.1 Å². The fourth-order valence-electron chi connectivity index (χ4n) is 1.93. The molecule has 21 heavy (non-hydrogen) atoms. The molecule has 0 aliphatic heterocycles. The Bertz CT molecular complexity index is 823. The van der Waals surface area contributed by atoms with Gasteiger partial charge in [0, 0.05) is 33.6 Å². The van der Waals surface area contributed by atoms with E-state index in [2.05, 4.69) is 4.98 Å². The molecule has 0 bridgehead atoms. The topological polar surface area (TPSA) is 82.0 Å². The first-order chi connectivity index (χ1) is 10.0. The second-order valence-electron chi connectivity index (χ2n) is 4.48. The second kappa shape index (κ2) is 5.27. The highest BCUT2D eigenvalue weighted by Crippen LogP contribution is 2.36. The highest BCUT2D eigenvalue weighted by Gasteiger charge is 2.14. The Morgan fingerprint density at radius 1 is 1.29 bits per heavy atom. The summed E-state index contributed by atoms with van der Waals surface area (Å²) in [5.41, 5.74) is 7.91. The molecule has 106 valence electrons. The number of hydrogen-bond donors (Lipinski definition) is 1. The molecule has 2 heterocycles. The molecule has 7 heteroatoms.